The highest BCUT2D eigenvalue weighted by atomic mass is 16.5. The van der Waals surface area contributed by atoms with Crippen LogP contribution in [0.1, 0.15) is 48.5 Å². The van der Waals surface area contributed by atoms with E-state index >= 15 is 0 Å². The average Bonchev–Trinajstić information content (AvgIpc) is 2.57. The van der Waals surface area contributed by atoms with Crippen LogP contribution in [0.15, 0.2) is 30.3 Å². The lowest BCUT2D eigenvalue weighted by Crippen LogP contribution is -2.17. The molecule has 0 fully saturated rings. The van der Waals surface area contributed by atoms with Crippen LogP contribution < -0.4 is 0 Å². The molecule has 0 saturated heterocycles. The molecule has 2 aromatic carbocycles. The number of benzene rings is 2. The number of hydrogen-bond donors (Lipinski definition) is 0. The lowest BCUT2D eigenvalue weighted by atomic mass is 9.90. The molecule has 0 N–H and O–H groups in total. The fourth-order valence-corrected chi connectivity index (χ4v) is 2.72. The Balaban J connectivity index is 2.21. The Morgan fingerprint density at radius 2 is 1.26 bits per heavy atom. The van der Waals surface area contributed by atoms with Crippen molar-refractivity contribution >= 4 is 11.8 Å². The van der Waals surface area contributed by atoms with E-state index in [-0.39, 0.29) is 12.4 Å². The van der Waals surface area contributed by atoms with Crippen LogP contribution in [0.3, 0.4) is 0 Å². The zero-order chi connectivity index (χ0) is 17.1. The number of carbonyl (C=O) groups excluding carboxylic acids is 2. The molecule has 0 spiro atoms. The summed E-state index contributed by atoms with van der Waals surface area (Å²) in [7, 11) is 0. The van der Waals surface area contributed by atoms with Crippen LogP contribution in [0.4, 0.5) is 0 Å². The molecular weight excluding hydrogens is 288 g/mol. The summed E-state index contributed by atoms with van der Waals surface area (Å²) in [4.78, 5) is 24.5. The number of hydrogen-bond acceptors (Lipinski definition) is 3. The lowest BCUT2D eigenvalue weighted by Gasteiger charge is -2.17. The molecule has 2 rings (SSSR count). The molecule has 3 heteroatoms. The number of ether oxygens (including phenoxy) is 1. The van der Waals surface area contributed by atoms with Gasteiger partial charge in [0.15, 0.2) is 12.4 Å². The summed E-state index contributed by atoms with van der Waals surface area (Å²) in [5, 5.41) is 0. The van der Waals surface area contributed by atoms with E-state index in [0.717, 1.165) is 22.3 Å². The lowest BCUT2D eigenvalue weighted by molar-refractivity contribution is 0.0473. The van der Waals surface area contributed by atoms with E-state index in [9.17, 15) is 9.59 Å². The maximum atomic E-state index is 12.5. The average molecular weight is 310 g/mol. The van der Waals surface area contributed by atoms with Crippen molar-refractivity contribution in [2.45, 2.75) is 34.6 Å². The first-order valence-electron chi connectivity index (χ1n) is 7.67. The molecule has 120 valence electrons. The molecule has 0 aromatic heterocycles. The predicted molar refractivity (Wildman–Crippen MR) is 91.2 cm³/mol. The fraction of sp³-hybridized carbons (Fsp3) is 0.300. The van der Waals surface area contributed by atoms with Gasteiger partial charge in [0, 0.05) is 5.56 Å². The van der Waals surface area contributed by atoms with Crippen LogP contribution in [0.2, 0.25) is 0 Å². The minimum absolute atomic E-state index is 0.199. The summed E-state index contributed by atoms with van der Waals surface area (Å²) in [5.41, 5.74) is 6.34. The Kier molecular flexibility index (Phi) is 4.99. The summed E-state index contributed by atoms with van der Waals surface area (Å²) < 4.78 is 5.27. The molecule has 0 aliphatic rings. The highest BCUT2D eigenvalue weighted by Crippen LogP contribution is 2.26. The van der Waals surface area contributed by atoms with Crippen LogP contribution in [0, 0.1) is 34.6 Å². The van der Waals surface area contributed by atoms with Gasteiger partial charge in [-0.15, -0.1) is 0 Å². The quantitative estimate of drug-likeness (QED) is 0.625. The van der Waals surface area contributed by atoms with Crippen molar-refractivity contribution in [2.24, 2.45) is 0 Å². The third kappa shape index (κ3) is 3.34. The summed E-state index contributed by atoms with van der Waals surface area (Å²) in [6.07, 6.45) is 0. The van der Waals surface area contributed by atoms with E-state index in [4.69, 9.17) is 4.74 Å². The first kappa shape index (κ1) is 16.9. The highest BCUT2D eigenvalue weighted by molar-refractivity contribution is 6.00. The third-order valence-electron chi connectivity index (χ3n) is 4.63. The van der Waals surface area contributed by atoms with Gasteiger partial charge in [0.05, 0.1) is 5.56 Å². The van der Waals surface area contributed by atoms with Crippen LogP contribution in [-0.2, 0) is 4.74 Å². The van der Waals surface area contributed by atoms with Gasteiger partial charge in [-0.3, -0.25) is 4.79 Å². The molecule has 0 aliphatic carbocycles. The van der Waals surface area contributed by atoms with Gasteiger partial charge in [-0.1, -0.05) is 30.3 Å². The molecule has 0 atom stereocenters. The minimum atomic E-state index is -0.435. The number of rotatable bonds is 4. The molecule has 23 heavy (non-hydrogen) atoms. The van der Waals surface area contributed by atoms with Gasteiger partial charge < -0.3 is 4.74 Å². The van der Waals surface area contributed by atoms with Crippen molar-refractivity contribution in [3.8, 4) is 0 Å². The zero-order valence-corrected chi connectivity index (χ0v) is 14.3. The SMILES string of the molecule is Cc1c(C)c(C)c(C(=O)OCC(=O)c2ccccc2)c(C)c1C. The Labute approximate surface area is 137 Å². The summed E-state index contributed by atoms with van der Waals surface area (Å²) in [6.45, 7) is 9.66. The second-order valence-corrected chi connectivity index (χ2v) is 5.87. The molecule has 0 bridgehead atoms. The van der Waals surface area contributed by atoms with Gasteiger partial charge in [-0.2, -0.15) is 0 Å². The van der Waals surface area contributed by atoms with Crippen LogP contribution >= 0.6 is 0 Å². The van der Waals surface area contributed by atoms with E-state index < -0.39 is 5.97 Å². The number of ketones is 1. The summed E-state index contributed by atoms with van der Waals surface area (Å²) in [5.74, 6) is -0.634. The fourth-order valence-electron chi connectivity index (χ4n) is 2.72. The maximum Gasteiger partial charge on any atom is 0.339 e. The third-order valence-corrected chi connectivity index (χ3v) is 4.63. The van der Waals surface area contributed by atoms with E-state index in [0.29, 0.717) is 11.1 Å². The van der Waals surface area contributed by atoms with Crippen molar-refractivity contribution in [3.63, 3.8) is 0 Å². The second-order valence-electron chi connectivity index (χ2n) is 5.87. The van der Waals surface area contributed by atoms with E-state index in [1.54, 1.807) is 24.3 Å². The van der Waals surface area contributed by atoms with Crippen LogP contribution in [0.25, 0.3) is 0 Å². The summed E-state index contributed by atoms with van der Waals surface area (Å²) in [6, 6.07) is 8.85. The van der Waals surface area contributed by atoms with E-state index in [1.165, 1.54) is 5.56 Å². The standard InChI is InChI=1S/C20H22O3/c1-12-13(2)15(4)19(16(5)14(12)3)20(22)23-11-18(21)17-9-7-6-8-10-17/h6-10H,11H2,1-5H3. The molecule has 0 radical (unpaired) electrons. The molecule has 3 nitrogen and oxygen atoms in total. The molecule has 2 aromatic rings. The van der Waals surface area contributed by atoms with Gasteiger partial charge in [-0.25, -0.2) is 4.79 Å². The molecular formula is C20H22O3. The van der Waals surface area contributed by atoms with E-state index in [2.05, 4.69) is 6.92 Å². The first-order valence-corrected chi connectivity index (χ1v) is 7.67. The molecule has 0 amide bonds. The smallest absolute Gasteiger partial charge is 0.339 e. The Morgan fingerprint density at radius 3 is 1.78 bits per heavy atom. The van der Waals surface area contributed by atoms with Crippen LogP contribution in [0.5, 0.6) is 0 Å². The maximum absolute atomic E-state index is 12.5. The second kappa shape index (κ2) is 6.78. The van der Waals surface area contributed by atoms with Crippen molar-refractivity contribution in [1.82, 2.24) is 0 Å². The Bertz CT molecular complexity index is 729. The molecule has 0 saturated carbocycles. The monoisotopic (exact) mass is 310 g/mol. The Morgan fingerprint density at radius 1 is 0.783 bits per heavy atom. The first-order chi connectivity index (χ1) is 10.8. The van der Waals surface area contributed by atoms with Crippen molar-refractivity contribution in [1.29, 1.82) is 0 Å². The van der Waals surface area contributed by atoms with Crippen molar-refractivity contribution < 1.29 is 14.3 Å². The zero-order valence-electron chi connectivity index (χ0n) is 14.3. The Hall–Kier alpha value is -2.42. The van der Waals surface area contributed by atoms with Gasteiger partial charge in [0.25, 0.3) is 0 Å². The number of Topliss-reactive ketones (excluding diaryl/α,β-unsaturated/α-hetero) is 1. The van der Waals surface area contributed by atoms with Gasteiger partial charge in [0.2, 0.25) is 0 Å². The summed E-state index contributed by atoms with van der Waals surface area (Å²) >= 11 is 0. The van der Waals surface area contributed by atoms with Gasteiger partial charge in [-0.05, 0) is 62.4 Å². The molecule has 0 unspecified atom stereocenters. The molecule has 0 aliphatic heterocycles. The van der Waals surface area contributed by atoms with Gasteiger partial charge >= 0.3 is 5.97 Å². The van der Waals surface area contributed by atoms with Crippen molar-refractivity contribution in [3.05, 3.63) is 69.3 Å². The van der Waals surface area contributed by atoms with Crippen LogP contribution in [-0.4, -0.2) is 18.4 Å². The number of carbonyl (C=O) groups is 2. The minimum Gasteiger partial charge on any atom is -0.454 e. The van der Waals surface area contributed by atoms with Crippen molar-refractivity contribution in [2.75, 3.05) is 6.61 Å². The normalized spacial score (nSPS) is 10.5. The molecule has 0 heterocycles. The highest BCUT2D eigenvalue weighted by Gasteiger charge is 2.20. The van der Waals surface area contributed by atoms with Gasteiger partial charge in [0.1, 0.15) is 0 Å². The topological polar surface area (TPSA) is 43.4 Å². The predicted octanol–water partition coefficient (Wildman–Crippen LogP) is 4.27. The largest absolute Gasteiger partial charge is 0.454 e. The van der Waals surface area contributed by atoms with E-state index in [1.807, 2.05) is 33.8 Å². The number of esters is 1.